The van der Waals surface area contributed by atoms with Crippen molar-refractivity contribution in [2.45, 2.75) is 6.92 Å². The summed E-state index contributed by atoms with van der Waals surface area (Å²) in [6, 6.07) is 5.92. The Bertz CT molecular complexity index is 488. The van der Waals surface area contributed by atoms with Gasteiger partial charge in [0.25, 0.3) is 0 Å². The van der Waals surface area contributed by atoms with E-state index in [9.17, 15) is 9.18 Å². The summed E-state index contributed by atoms with van der Waals surface area (Å²) in [7, 11) is 0. The van der Waals surface area contributed by atoms with Crippen LogP contribution in [0.1, 0.15) is 16.1 Å². The van der Waals surface area contributed by atoms with Crippen molar-refractivity contribution in [3.05, 3.63) is 47.5 Å². The van der Waals surface area contributed by atoms with Crippen molar-refractivity contribution in [3.63, 3.8) is 0 Å². The number of halogens is 1. The van der Waals surface area contributed by atoms with Crippen molar-refractivity contribution >= 4 is 6.29 Å². The molecule has 0 atom stereocenters. The molecule has 2 rings (SSSR count). The molecule has 0 unspecified atom stereocenters. The van der Waals surface area contributed by atoms with E-state index in [2.05, 4.69) is 5.10 Å². The molecule has 0 aliphatic rings. The molecule has 0 spiro atoms. The number of carbonyl (C=O) groups is 1. The van der Waals surface area contributed by atoms with Crippen LogP contribution < -0.4 is 0 Å². The van der Waals surface area contributed by atoms with Crippen LogP contribution in [0.25, 0.3) is 5.69 Å². The average Bonchev–Trinajstić information content (AvgIpc) is 2.61. The van der Waals surface area contributed by atoms with Crippen molar-refractivity contribution in [2.75, 3.05) is 0 Å². The molecule has 76 valence electrons. The summed E-state index contributed by atoms with van der Waals surface area (Å²) in [4.78, 5) is 10.6. The number of aromatic nitrogens is 2. The van der Waals surface area contributed by atoms with Crippen LogP contribution in [-0.2, 0) is 0 Å². The Morgan fingerprint density at radius 3 is 2.53 bits per heavy atom. The minimum absolute atomic E-state index is 0.293. The van der Waals surface area contributed by atoms with Crippen molar-refractivity contribution in [1.82, 2.24) is 9.78 Å². The lowest BCUT2D eigenvalue weighted by Gasteiger charge is -1.99. The van der Waals surface area contributed by atoms with Crippen molar-refractivity contribution < 1.29 is 9.18 Å². The van der Waals surface area contributed by atoms with Crippen LogP contribution in [0.4, 0.5) is 4.39 Å². The fraction of sp³-hybridized carbons (Fsp3) is 0.0909. The minimum Gasteiger partial charge on any atom is -0.298 e. The van der Waals surface area contributed by atoms with E-state index in [1.165, 1.54) is 12.1 Å². The van der Waals surface area contributed by atoms with Crippen LogP contribution in [-0.4, -0.2) is 16.1 Å². The number of nitrogens with zero attached hydrogens (tertiary/aromatic N) is 2. The lowest BCUT2D eigenvalue weighted by Crippen LogP contribution is -1.94. The highest BCUT2D eigenvalue weighted by Crippen LogP contribution is 2.11. The maximum absolute atomic E-state index is 12.7. The van der Waals surface area contributed by atoms with Gasteiger partial charge in [-0.05, 0) is 31.2 Å². The lowest BCUT2D eigenvalue weighted by molar-refractivity contribution is 0.112. The quantitative estimate of drug-likeness (QED) is 0.702. The standard InChI is InChI=1S/C11H9FN2O/c1-8-9(7-15)6-14(13-8)11-4-2-10(12)3-5-11/h2-7H,1H3. The highest BCUT2D eigenvalue weighted by atomic mass is 19.1. The molecule has 0 radical (unpaired) electrons. The normalized spacial score (nSPS) is 10.3. The first-order chi connectivity index (χ1) is 7.20. The van der Waals surface area contributed by atoms with Gasteiger partial charge in [0.2, 0.25) is 0 Å². The van der Waals surface area contributed by atoms with E-state index in [1.807, 2.05) is 0 Å². The van der Waals surface area contributed by atoms with Crippen LogP contribution in [0, 0.1) is 12.7 Å². The van der Waals surface area contributed by atoms with E-state index >= 15 is 0 Å². The molecule has 1 heterocycles. The summed E-state index contributed by atoms with van der Waals surface area (Å²) < 4.78 is 14.2. The Morgan fingerprint density at radius 2 is 2.00 bits per heavy atom. The summed E-state index contributed by atoms with van der Waals surface area (Å²) in [6.45, 7) is 1.75. The maximum atomic E-state index is 12.7. The Morgan fingerprint density at radius 1 is 1.33 bits per heavy atom. The fourth-order valence-corrected chi connectivity index (χ4v) is 1.32. The second-order valence-corrected chi connectivity index (χ2v) is 3.21. The highest BCUT2D eigenvalue weighted by Gasteiger charge is 2.04. The first-order valence-corrected chi connectivity index (χ1v) is 4.48. The number of carbonyl (C=O) groups excluding carboxylic acids is 1. The molecule has 0 aliphatic carbocycles. The van der Waals surface area contributed by atoms with Crippen LogP contribution >= 0.6 is 0 Å². The third kappa shape index (κ3) is 1.79. The predicted molar refractivity (Wildman–Crippen MR) is 53.6 cm³/mol. The fourth-order valence-electron chi connectivity index (χ4n) is 1.32. The smallest absolute Gasteiger partial charge is 0.153 e. The van der Waals surface area contributed by atoms with Crippen LogP contribution in [0.5, 0.6) is 0 Å². The molecule has 2 aromatic rings. The molecule has 4 heteroatoms. The van der Waals surface area contributed by atoms with Gasteiger partial charge in [-0.25, -0.2) is 9.07 Å². The van der Waals surface area contributed by atoms with Gasteiger partial charge in [-0.2, -0.15) is 5.10 Å². The predicted octanol–water partition coefficient (Wildman–Crippen LogP) is 2.13. The first kappa shape index (κ1) is 9.58. The van der Waals surface area contributed by atoms with E-state index in [4.69, 9.17) is 0 Å². The Hall–Kier alpha value is -1.97. The van der Waals surface area contributed by atoms with Gasteiger partial charge >= 0.3 is 0 Å². The second-order valence-electron chi connectivity index (χ2n) is 3.21. The first-order valence-electron chi connectivity index (χ1n) is 4.48. The van der Waals surface area contributed by atoms with Gasteiger partial charge in [-0.15, -0.1) is 0 Å². The molecule has 1 aromatic carbocycles. The third-order valence-electron chi connectivity index (χ3n) is 2.16. The van der Waals surface area contributed by atoms with Crippen LogP contribution in [0.3, 0.4) is 0 Å². The minimum atomic E-state index is -0.293. The molecular formula is C11H9FN2O. The molecule has 0 fully saturated rings. The van der Waals surface area contributed by atoms with E-state index < -0.39 is 0 Å². The number of hydrogen-bond donors (Lipinski definition) is 0. The lowest BCUT2D eigenvalue weighted by atomic mass is 10.3. The van der Waals surface area contributed by atoms with E-state index in [0.717, 1.165) is 12.0 Å². The molecule has 0 saturated heterocycles. The molecule has 1 aromatic heterocycles. The molecule has 15 heavy (non-hydrogen) atoms. The number of rotatable bonds is 2. The zero-order valence-electron chi connectivity index (χ0n) is 8.14. The number of aryl methyl sites for hydroxylation is 1. The Labute approximate surface area is 86.2 Å². The van der Waals surface area contributed by atoms with Gasteiger partial charge in [0.1, 0.15) is 5.82 Å². The van der Waals surface area contributed by atoms with Gasteiger partial charge in [-0.1, -0.05) is 0 Å². The zero-order valence-corrected chi connectivity index (χ0v) is 8.14. The summed E-state index contributed by atoms with van der Waals surface area (Å²) in [5, 5.41) is 4.14. The van der Waals surface area contributed by atoms with Crippen molar-refractivity contribution in [1.29, 1.82) is 0 Å². The average molecular weight is 204 g/mol. The third-order valence-corrected chi connectivity index (χ3v) is 2.16. The maximum Gasteiger partial charge on any atom is 0.153 e. The monoisotopic (exact) mass is 204 g/mol. The van der Waals surface area contributed by atoms with Crippen molar-refractivity contribution in [2.24, 2.45) is 0 Å². The van der Waals surface area contributed by atoms with Gasteiger partial charge in [-0.3, -0.25) is 4.79 Å². The molecule has 0 saturated carbocycles. The molecule has 0 N–H and O–H groups in total. The molecule has 0 amide bonds. The number of aldehydes is 1. The molecule has 3 nitrogen and oxygen atoms in total. The highest BCUT2D eigenvalue weighted by molar-refractivity contribution is 5.76. The summed E-state index contributed by atoms with van der Waals surface area (Å²) in [5.74, 6) is -0.293. The molecule has 0 bridgehead atoms. The topological polar surface area (TPSA) is 34.9 Å². The molecular weight excluding hydrogens is 195 g/mol. The summed E-state index contributed by atoms with van der Waals surface area (Å²) in [5.41, 5.74) is 1.93. The second kappa shape index (κ2) is 3.65. The zero-order chi connectivity index (χ0) is 10.8. The van der Waals surface area contributed by atoms with Gasteiger partial charge < -0.3 is 0 Å². The Kier molecular flexibility index (Phi) is 2.33. The largest absolute Gasteiger partial charge is 0.298 e. The summed E-state index contributed by atoms with van der Waals surface area (Å²) >= 11 is 0. The van der Waals surface area contributed by atoms with E-state index in [-0.39, 0.29) is 5.82 Å². The number of hydrogen-bond acceptors (Lipinski definition) is 2. The van der Waals surface area contributed by atoms with Gasteiger partial charge in [0, 0.05) is 6.20 Å². The number of benzene rings is 1. The van der Waals surface area contributed by atoms with Crippen molar-refractivity contribution in [3.8, 4) is 5.69 Å². The van der Waals surface area contributed by atoms with Gasteiger partial charge in [0.05, 0.1) is 16.9 Å². The SMILES string of the molecule is Cc1nn(-c2ccc(F)cc2)cc1C=O. The molecule has 0 aliphatic heterocycles. The van der Waals surface area contributed by atoms with Crippen LogP contribution in [0.2, 0.25) is 0 Å². The Balaban J connectivity index is 2.45. The summed E-state index contributed by atoms with van der Waals surface area (Å²) in [6.07, 6.45) is 2.37. The van der Waals surface area contributed by atoms with E-state index in [0.29, 0.717) is 11.3 Å². The van der Waals surface area contributed by atoms with Crippen LogP contribution in [0.15, 0.2) is 30.5 Å². The van der Waals surface area contributed by atoms with Gasteiger partial charge in [0.15, 0.2) is 6.29 Å². The van der Waals surface area contributed by atoms with E-state index in [1.54, 1.807) is 29.9 Å².